The van der Waals surface area contributed by atoms with Crippen LogP contribution >= 0.6 is 0 Å². The van der Waals surface area contributed by atoms with Gasteiger partial charge in [-0.25, -0.2) is 9.67 Å². The molecular formula is C20H23N5O. The highest BCUT2D eigenvalue weighted by Crippen LogP contribution is 2.14. The Morgan fingerprint density at radius 2 is 1.96 bits per heavy atom. The zero-order chi connectivity index (χ0) is 18.7. The summed E-state index contributed by atoms with van der Waals surface area (Å²) in [5.74, 6) is 0.513. The molecule has 0 fully saturated rings. The summed E-state index contributed by atoms with van der Waals surface area (Å²) in [4.78, 5) is 18.9. The van der Waals surface area contributed by atoms with Gasteiger partial charge in [0.1, 0.15) is 0 Å². The number of amides is 1. The molecule has 0 aliphatic carbocycles. The maximum absolute atomic E-state index is 12.5. The summed E-state index contributed by atoms with van der Waals surface area (Å²) in [5, 5.41) is 7.33. The van der Waals surface area contributed by atoms with Crippen LogP contribution in [0.4, 0.5) is 5.69 Å². The Morgan fingerprint density at radius 1 is 1.15 bits per heavy atom. The Hall–Kier alpha value is -2.99. The van der Waals surface area contributed by atoms with Gasteiger partial charge in [0.2, 0.25) is 0 Å². The highest BCUT2D eigenvalue weighted by atomic mass is 16.1. The average Bonchev–Trinajstić information content (AvgIpc) is 2.93. The molecule has 1 N–H and O–H groups in total. The smallest absolute Gasteiger partial charge is 0.257 e. The van der Waals surface area contributed by atoms with Gasteiger partial charge in [-0.15, -0.1) is 0 Å². The molecule has 3 rings (SSSR count). The molecular weight excluding hydrogens is 326 g/mol. The molecule has 0 saturated carbocycles. The van der Waals surface area contributed by atoms with Gasteiger partial charge < -0.3 is 10.2 Å². The number of pyridine rings is 1. The predicted octanol–water partition coefficient (Wildman–Crippen LogP) is 3.20. The van der Waals surface area contributed by atoms with Crippen LogP contribution in [0.15, 0.2) is 48.7 Å². The van der Waals surface area contributed by atoms with Crippen LogP contribution in [0.2, 0.25) is 0 Å². The number of nitrogens with one attached hydrogen (secondary N) is 1. The van der Waals surface area contributed by atoms with E-state index in [2.05, 4.69) is 20.3 Å². The fourth-order valence-electron chi connectivity index (χ4n) is 2.82. The number of hydrogen-bond donors (Lipinski definition) is 1. The summed E-state index contributed by atoms with van der Waals surface area (Å²) in [6.45, 7) is 4.74. The monoisotopic (exact) mass is 349 g/mol. The minimum absolute atomic E-state index is 0.181. The van der Waals surface area contributed by atoms with E-state index in [0.29, 0.717) is 11.4 Å². The molecule has 1 aromatic carbocycles. The zero-order valence-electron chi connectivity index (χ0n) is 15.5. The van der Waals surface area contributed by atoms with Crippen LogP contribution in [0.1, 0.15) is 27.3 Å². The van der Waals surface area contributed by atoms with Crippen molar-refractivity contribution in [3.63, 3.8) is 0 Å². The number of carbonyl (C=O) groups is 1. The lowest BCUT2D eigenvalue weighted by atomic mass is 10.2. The van der Waals surface area contributed by atoms with E-state index in [1.807, 2.05) is 58.3 Å². The summed E-state index contributed by atoms with van der Waals surface area (Å²) in [6, 6.07) is 13.4. The van der Waals surface area contributed by atoms with Crippen molar-refractivity contribution in [2.24, 2.45) is 0 Å². The number of benzene rings is 1. The zero-order valence-corrected chi connectivity index (χ0v) is 15.5. The third kappa shape index (κ3) is 4.15. The summed E-state index contributed by atoms with van der Waals surface area (Å²) in [7, 11) is 4.03. The van der Waals surface area contributed by atoms with Crippen LogP contribution in [-0.2, 0) is 6.54 Å². The maximum Gasteiger partial charge on any atom is 0.257 e. The van der Waals surface area contributed by atoms with E-state index in [1.54, 1.807) is 23.0 Å². The van der Waals surface area contributed by atoms with Gasteiger partial charge in [-0.05, 0) is 63.8 Å². The number of nitrogens with zero attached hydrogens (tertiary/aromatic N) is 4. The molecule has 0 atom stereocenters. The lowest BCUT2D eigenvalue weighted by Gasteiger charge is -2.11. The van der Waals surface area contributed by atoms with E-state index in [1.165, 1.54) is 0 Å². The van der Waals surface area contributed by atoms with Crippen molar-refractivity contribution in [3.05, 3.63) is 71.2 Å². The molecule has 6 nitrogen and oxygen atoms in total. The number of aromatic nitrogens is 3. The molecule has 0 spiro atoms. The van der Waals surface area contributed by atoms with E-state index >= 15 is 0 Å². The third-order valence-corrected chi connectivity index (χ3v) is 3.92. The molecule has 6 heteroatoms. The molecule has 0 unspecified atom stereocenters. The summed E-state index contributed by atoms with van der Waals surface area (Å²) in [6.07, 6.45) is 1.57. The largest absolute Gasteiger partial charge is 0.322 e. The van der Waals surface area contributed by atoms with Crippen molar-refractivity contribution in [2.45, 2.75) is 20.4 Å². The number of carbonyl (C=O) groups excluding carboxylic acids is 1. The third-order valence-electron chi connectivity index (χ3n) is 3.92. The Balaban J connectivity index is 1.73. The van der Waals surface area contributed by atoms with Gasteiger partial charge in [0.05, 0.1) is 11.3 Å². The SMILES string of the molecule is Cc1cc(C)n(-c2ccc(C(=O)Nc3cccc(CN(C)C)c3)cn2)n1. The first-order valence-electron chi connectivity index (χ1n) is 8.47. The molecule has 2 aromatic heterocycles. The Kier molecular flexibility index (Phi) is 5.14. The molecule has 0 bridgehead atoms. The van der Waals surface area contributed by atoms with Crippen molar-refractivity contribution < 1.29 is 4.79 Å². The van der Waals surface area contributed by atoms with Crippen LogP contribution < -0.4 is 5.32 Å². The Morgan fingerprint density at radius 3 is 2.58 bits per heavy atom. The molecule has 134 valence electrons. The summed E-state index contributed by atoms with van der Waals surface area (Å²) < 4.78 is 1.77. The summed E-state index contributed by atoms with van der Waals surface area (Å²) >= 11 is 0. The van der Waals surface area contributed by atoms with Crippen molar-refractivity contribution >= 4 is 11.6 Å². The number of hydrogen-bond acceptors (Lipinski definition) is 4. The van der Waals surface area contributed by atoms with Crippen molar-refractivity contribution in [1.29, 1.82) is 0 Å². The first kappa shape index (κ1) is 17.8. The van der Waals surface area contributed by atoms with Gasteiger partial charge in [0.15, 0.2) is 5.82 Å². The normalized spacial score (nSPS) is 11.0. The Bertz CT molecular complexity index is 912. The minimum Gasteiger partial charge on any atom is -0.322 e. The lowest BCUT2D eigenvalue weighted by molar-refractivity contribution is 0.102. The number of rotatable bonds is 5. The number of aryl methyl sites for hydroxylation is 2. The van der Waals surface area contributed by atoms with E-state index in [0.717, 1.165) is 29.2 Å². The molecule has 2 heterocycles. The van der Waals surface area contributed by atoms with Gasteiger partial charge in [-0.1, -0.05) is 12.1 Å². The second kappa shape index (κ2) is 7.49. The summed E-state index contributed by atoms with van der Waals surface area (Å²) in [5.41, 5.74) is 4.37. The number of anilines is 1. The quantitative estimate of drug-likeness (QED) is 0.768. The molecule has 0 aliphatic heterocycles. The van der Waals surface area contributed by atoms with Crippen molar-refractivity contribution in [3.8, 4) is 5.82 Å². The van der Waals surface area contributed by atoms with E-state index in [-0.39, 0.29) is 5.91 Å². The van der Waals surface area contributed by atoms with Gasteiger partial charge in [0.25, 0.3) is 5.91 Å². The van der Waals surface area contributed by atoms with Crippen molar-refractivity contribution in [2.75, 3.05) is 19.4 Å². The highest BCUT2D eigenvalue weighted by Gasteiger charge is 2.10. The van der Waals surface area contributed by atoms with E-state index < -0.39 is 0 Å². The molecule has 1 amide bonds. The molecule has 26 heavy (non-hydrogen) atoms. The van der Waals surface area contributed by atoms with Gasteiger partial charge >= 0.3 is 0 Å². The molecule has 0 aliphatic rings. The van der Waals surface area contributed by atoms with Crippen molar-refractivity contribution in [1.82, 2.24) is 19.7 Å². The topological polar surface area (TPSA) is 63.1 Å². The standard InChI is InChI=1S/C20H23N5O/c1-14-10-15(2)25(23-14)19-9-8-17(12-21-19)20(26)22-18-7-5-6-16(11-18)13-24(3)4/h5-12H,13H2,1-4H3,(H,22,26). The van der Waals surface area contributed by atoms with Crippen LogP contribution in [0.25, 0.3) is 5.82 Å². The van der Waals surface area contributed by atoms with Gasteiger partial charge in [-0.3, -0.25) is 4.79 Å². The fraction of sp³-hybridized carbons (Fsp3) is 0.250. The van der Waals surface area contributed by atoms with E-state index in [9.17, 15) is 4.79 Å². The predicted molar refractivity (Wildman–Crippen MR) is 103 cm³/mol. The maximum atomic E-state index is 12.5. The first-order valence-corrected chi connectivity index (χ1v) is 8.47. The van der Waals surface area contributed by atoms with E-state index in [4.69, 9.17) is 0 Å². The van der Waals surface area contributed by atoms with Crippen LogP contribution in [-0.4, -0.2) is 39.7 Å². The Labute approximate surface area is 153 Å². The minimum atomic E-state index is -0.181. The molecule has 3 aromatic rings. The second-order valence-electron chi connectivity index (χ2n) is 6.64. The second-order valence-corrected chi connectivity index (χ2v) is 6.64. The lowest BCUT2D eigenvalue weighted by Crippen LogP contribution is -2.14. The average molecular weight is 349 g/mol. The van der Waals surface area contributed by atoms with Crippen LogP contribution in [0, 0.1) is 13.8 Å². The first-order chi connectivity index (χ1) is 12.4. The fourth-order valence-corrected chi connectivity index (χ4v) is 2.82. The van der Waals surface area contributed by atoms with Gasteiger partial charge in [0, 0.05) is 24.1 Å². The van der Waals surface area contributed by atoms with Gasteiger partial charge in [-0.2, -0.15) is 5.10 Å². The molecule has 0 radical (unpaired) electrons. The van der Waals surface area contributed by atoms with Crippen LogP contribution in [0.5, 0.6) is 0 Å². The van der Waals surface area contributed by atoms with Crippen LogP contribution in [0.3, 0.4) is 0 Å². The molecule has 0 saturated heterocycles. The highest BCUT2D eigenvalue weighted by molar-refractivity contribution is 6.04.